The Labute approximate surface area is 70.7 Å². The molecule has 0 radical (unpaired) electrons. The third kappa shape index (κ3) is 1.91. The number of carbonyl (C=O) groups is 2. The number of carbonyl (C=O) groups excluding carboxylic acids is 2. The average molecular weight is 179 g/mol. The SMILES string of the molecule is Cl.NC(=O)C1CCC(N)C1=O. The number of hydrogen-bond donors (Lipinski definition) is 2. The fourth-order valence-corrected chi connectivity index (χ4v) is 1.17. The van der Waals surface area contributed by atoms with Gasteiger partial charge in [0.2, 0.25) is 5.91 Å². The first kappa shape index (κ1) is 10.4. The molecule has 0 aromatic carbocycles. The molecule has 2 unspecified atom stereocenters. The fourth-order valence-electron chi connectivity index (χ4n) is 1.17. The third-order valence-electron chi connectivity index (χ3n) is 1.82. The van der Waals surface area contributed by atoms with E-state index in [0.717, 1.165) is 0 Å². The van der Waals surface area contributed by atoms with Crippen LogP contribution in [0.1, 0.15) is 12.8 Å². The standard InChI is InChI=1S/C6H10N2O2.ClH/c7-4-2-1-3(5(4)9)6(8)10;/h3-4H,1-2,7H2,(H2,8,10);1H. The lowest BCUT2D eigenvalue weighted by Gasteiger charge is -2.00. The number of Topliss-reactive ketones (excluding diaryl/α,β-unsaturated/α-hetero) is 1. The van der Waals surface area contributed by atoms with Crippen molar-refractivity contribution >= 4 is 24.1 Å². The molecule has 0 aliphatic heterocycles. The molecule has 1 amide bonds. The first-order chi connectivity index (χ1) is 4.63. The number of ketones is 1. The van der Waals surface area contributed by atoms with Crippen molar-refractivity contribution in [2.24, 2.45) is 17.4 Å². The summed E-state index contributed by atoms with van der Waals surface area (Å²) in [6.45, 7) is 0. The fraction of sp³-hybridized carbons (Fsp3) is 0.667. The number of primary amides is 1. The van der Waals surface area contributed by atoms with Gasteiger partial charge in [-0.05, 0) is 12.8 Å². The van der Waals surface area contributed by atoms with Gasteiger partial charge in [-0.15, -0.1) is 12.4 Å². The molecule has 2 atom stereocenters. The van der Waals surface area contributed by atoms with E-state index in [0.29, 0.717) is 12.8 Å². The maximum Gasteiger partial charge on any atom is 0.228 e. The second-order valence-electron chi connectivity index (χ2n) is 2.54. The average Bonchev–Trinajstić information content (AvgIpc) is 2.14. The van der Waals surface area contributed by atoms with Crippen LogP contribution in [0, 0.1) is 5.92 Å². The second kappa shape index (κ2) is 3.69. The molecule has 0 saturated heterocycles. The molecule has 1 aliphatic carbocycles. The maximum atomic E-state index is 10.9. The monoisotopic (exact) mass is 178 g/mol. The highest BCUT2D eigenvalue weighted by molar-refractivity contribution is 6.04. The topological polar surface area (TPSA) is 86.2 Å². The Morgan fingerprint density at radius 2 is 2.00 bits per heavy atom. The minimum atomic E-state index is -0.616. The van der Waals surface area contributed by atoms with Gasteiger partial charge in [-0.25, -0.2) is 0 Å². The lowest BCUT2D eigenvalue weighted by molar-refractivity contribution is -0.130. The molecular weight excluding hydrogens is 168 g/mol. The molecule has 1 fully saturated rings. The molecule has 0 aromatic rings. The van der Waals surface area contributed by atoms with Gasteiger partial charge in [-0.2, -0.15) is 0 Å². The molecule has 64 valence electrons. The summed E-state index contributed by atoms with van der Waals surface area (Å²) in [5.74, 6) is -1.36. The number of amides is 1. The van der Waals surface area contributed by atoms with E-state index < -0.39 is 17.9 Å². The zero-order chi connectivity index (χ0) is 7.72. The van der Waals surface area contributed by atoms with Gasteiger partial charge in [0.1, 0.15) is 0 Å². The lowest BCUT2D eigenvalue weighted by Crippen LogP contribution is -2.33. The minimum Gasteiger partial charge on any atom is -0.369 e. The van der Waals surface area contributed by atoms with Crippen LogP contribution in [0.3, 0.4) is 0 Å². The van der Waals surface area contributed by atoms with Gasteiger partial charge in [-0.3, -0.25) is 9.59 Å². The van der Waals surface area contributed by atoms with Crippen LogP contribution in [0.2, 0.25) is 0 Å². The summed E-state index contributed by atoms with van der Waals surface area (Å²) < 4.78 is 0. The zero-order valence-corrected chi connectivity index (χ0v) is 6.76. The Balaban J connectivity index is 0.000001000. The van der Waals surface area contributed by atoms with Gasteiger partial charge < -0.3 is 11.5 Å². The van der Waals surface area contributed by atoms with Crippen molar-refractivity contribution in [1.82, 2.24) is 0 Å². The van der Waals surface area contributed by atoms with E-state index in [1.165, 1.54) is 0 Å². The van der Waals surface area contributed by atoms with E-state index in [2.05, 4.69) is 0 Å². The van der Waals surface area contributed by atoms with Crippen LogP contribution in [0.5, 0.6) is 0 Å². The molecule has 0 spiro atoms. The van der Waals surface area contributed by atoms with Crippen LogP contribution < -0.4 is 11.5 Å². The van der Waals surface area contributed by atoms with Crippen LogP contribution >= 0.6 is 12.4 Å². The zero-order valence-electron chi connectivity index (χ0n) is 5.95. The third-order valence-corrected chi connectivity index (χ3v) is 1.82. The smallest absolute Gasteiger partial charge is 0.228 e. The van der Waals surface area contributed by atoms with E-state index >= 15 is 0 Å². The van der Waals surface area contributed by atoms with E-state index in [1.807, 2.05) is 0 Å². The summed E-state index contributed by atoms with van der Waals surface area (Å²) in [6, 6.07) is -0.461. The van der Waals surface area contributed by atoms with Crippen molar-refractivity contribution in [1.29, 1.82) is 0 Å². The van der Waals surface area contributed by atoms with E-state index in [1.54, 1.807) is 0 Å². The Morgan fingerprint density at radius 3 is 2.18 bits per heavy atom. The van der Waals surface area contributed by atoms with Gasteiger partial charge in [-0.1, -0.05) is 0 Å². The van der Waals surface area contributed by atoms with Crippen LogP contribution in [0.25, 0.3) is 0 Å². The van der Waals surface area contributed by atoms with Gasteiger partial charge in [0, 0.05) is 0 Å². The van der Waals surface area contributed by atoms with E-state index in [-0.39, 0.29) is 18.2 Å². The molecule has 1 aliphatic rings. The lowest BCUT2D eigenvalue weighted by atomic mass is 10.1. The first-order valence-electron chi connectivity index (χ1n) is 3.21. The van der Waals surface area contributed by atoms with Crippen LogP contribution in [0.15, 0.2) is 0 Å². The van der Waals surface area contributed by atoms with Crippen molar-refractivity contribution in [3.63, 3.8) is 0 Å². The number of halogens is 1. The van der Waals surface area contributed by atoms with Gasteiger partial charge in [0.15, 0.2) is 5.78 Å². The van der Waals surface area contributed by atoms with Crippen molar-refractivity contribution in [3.8, 4) is 0 Å². The van der Waals surface area contributed by atoms with Crippen LogP contribution in [-0.2, 0) is 9.59 Å². The molecule has 11 heavy (non-hydrogen) atoms. The summed E-state index contributed by atoms with van der Waals surface area (Å²) in [5, 5.41) is 0. The molecule has 4 N–H and O–H groups in total. The Morgan fingerprint density at radius 1 is 1.45 bits per heavy atom. The van der Waals surface area contributed by atoms with E-state index in [4.69, 9.17) is 11.5 Å². The highest BCUT2D eigenvalue weighted by Crippen LogP contribution is 2.19. The normalized spacial score (nSPS) is 29.7. The Bertz CT molecular complexity index is 183. The molecule has 0 heterocycles. The molecular formula is C6H11ClN2O2. The largest absolute Gasteiger partial charge is 0.369 e. The van der Waals surface area contributed by atoms with Crippen molar-refractivity contribution in [2.75, 3.05) is 0 Å². The quantitative estimate of drug-likeness (QED) is 0.516. The van der Waals surface area contributed by atoms with Crippen molar-refractivity contribution in [3.05, 3.63) is 0 Å². The summed E-state index contributed by atoms with van der Waals surface area (Å²) in [7, 11) is 0. The molecule has 1 rings (SSSR count). The summed E-state index contributed by atoms with van der Waals surface area (Å²) in [5.41, 5.74) is 10.3. The predicted molar refractivity (Wildman–Crippen MR) is 42.1 cm³/mol. The highest BCUT2D eigenvalue weighted by Gasteiger charge is 2.35. The summed E-state index contributed by atoms with van der Waals surface area (Å²) >= 11 is 0. The van der Waals surface area contributed by atoms with Gasteiger partial charge in [0.25, 0.3) is 0 Å². The number of rotatable bonds is 1. The first-order valence-corrected chi connectivity index (χ1v) is 3.21. The summed E-state index contributed by atoms with van der Waals surface area (Å²) in [4.78, 5) is 21.4. The minimum absolute atomic E-state index is 0. The second-order valence-corrected chi connectivity index (χ2v) is 2.54. The van der Waals surface area contributed by atoms with Crippen molar-refractivity contribution < 1.29 is 9.59 Å². The Hall–Kier alpha value is -0.610. The van der Waals surface area contributed by atoms with E-state index in [9.17, 15) is 9.59 Å². The molecule has 0 aromatic heterocycles. The molecule has 0 bridgehead atoms. The Kier molecular flexibility index (Phi) is 3.48. The number of hydrogen-bond acceptors (Lipinski definition) is 3. The molecule has 5 heteroatoms. The van der Waals surface area contributed by atoms with Crippen molar-refractivity contribution in [2.45, 2.75) is 18.9 Å². The molecule has 4 nitrogen and oxygen atoms in total. The predicted octanol–water partition coefficient (Wildman–Crippen LogP) is -0.800. The van der Waals surface area contributed by atoms with Crippen LogP contribution in [-0.4, -0.2) is 17.7 Å². The van der Waals surface area contributed by atoms with Gasteiger partial charge >= 0.3 is 0 Å². The molecule has 1 saturated carbocycles. The summed E-state index contributed by atoms with van der Waals surface area (Å²) in [6.07, 6.45) is 1.11. The van der Waals surface area contributed by atoms with Crippen LogP contribution in [0.4, 0.5) is 0 Å². The number of nitrogens with two attached hydrogens (primary N) is 2. The maximum absolute atomic E-state index is 10.9. The highest BCUT2D eigenvalue weighted by atomic mass is 35.5. The van der Waals surface area contributed by atoms with Gasteiger partial charge in [0.05, 0.1) is 12.0 Å².